The van der Waals surface area contributed by atoms with Gasteiger partial charge >= 0.3 is 0 Å². The van der Waals surface area contributed by atoms with Crippen molar-refractivity contribution in [3.05, 3.63) is 22.3 Å². The lowest BCUT2D eigenvalue weighted by Gasteiger charge is -2.38. The molecule has 1 amide bonds. The van der Waals surface area contributed by atoms with E-state index in [0.29, 0.717) is 4.43 Å². The summed E-state index contributed by atoms with van der Waals surface area (Å²) in [6.07, 6.45) is 14.0. The van der Waals surface area contributed by atoms with Gasteiger partial charge in [-0.25, -0.2) is 0 Å². The van der Waals surface area contributed by atoms with Gasteiger partial charge in [-0.2, -0.15) is 0 Å². The number of alkyl halides is 1. The van der Waals surface area contributed by atoms with E-state index in [1.54, 1.807) is 0 Å². The number of carbonyl (C=O) groups is 1. The number of amides is 1. The van der Waals surface area contributed by atoms with Crippen molar-refractivity contribution in [2.75, 3.05) is 9.74 Å². The topological polar surface area (TPSA) is 38.3 Å². The maximum atomic E-state index is 12.1. The lowest BCUT2D eigenvalue weighted by atomic mass is 9.83. The fourth-order valence-electron chi connectivity index (χ4n) is 5.65. The van der Waals surface area contributed by atoms with Crippen LogP contribution in [0.25, 0.3) is 0 Å². The summed E-state index contributed by atoms with van der Waals surface area (Å²) in [5, 5.41) is 3.12. The molecule has 1 aromatic carbocycles. The maximum absolute atomic E-state index is 12.1. The summed E-state index contributed by atoms with van der Waals surface area (Å²) >= 11 is 2.12. The van der Waals surface area contributed by atoms with Gasteiger partial charge in [0.1, 0.15) is 11.4 Å². The second-order valence-corrected chi connectivity index (χ2v) is 12.9. The van der Waals surface area contributed by atoms with Gasteiger partial charge in [0.2, 0.25) is 5.91 Å². The van der Waals surface area contributed by atoms with Crippen LogP contribution < -0.4 is 10.1 Å². The zero-order chi connectivity index (χ0) is 26.2. The number of halogens is 1. The van der Waals surface area contributed by atoms with Crippen LogP contribution in [0.4, 0.5) is 5.69 Å². The van der Waals surface area contributed by atoms with E-state index < -0.39 is 0 Å². The lowest BCUT2D eigenvalue weighted by molar-refractivity contribution is -0.113. The van der Waals surface area contributed by atoms with Crippen LogP contribution >= 0.6 is 22.6 Å². The first-order valence-electron chi connectivity index (χ1n) is 14.1. The molecule has 3 atom stereocenters. The van der Waals surface area contributed by atoms with Gasteiger partial charge in [-0.15, -0.1) is 0 Å². The van der Waals surface area contributed by atoms with Gasteiger partial charge in [0.05, 0.1) is 4.43 Å². The second-order valence-electron chi connectivity index (χ2n) is 12.1. The Morgan fingerprint density at radius 3 is 2.06 bits per heavy atom. The summed E-state index contributed by atoms with van der Waals surface area (Å²) < 4.78 is 7.20. The van der Waals surface area contributed by atoms with Crippen LogP contribution in [-0.4, -0.2) is 15.9 Å². The van der Waals surface area contributed by atoms with Crippen LogP contribution in [-0.2, 0) is 11.2 Å². The van der Waals surface area contributed by atoms with Gasteiger partial charge < -0.3 is 10.1 Å². The minimum Gasteiger partial charge on any atom is -0.487 e. The van der Waals surface area contributed by atoms with Crippen molar-refractivity contribution in [3.8, 4) is 5.75 Å². The highest BCUT2D eigenvalue weighted by Gasteiger charge is 2.34. The number of rotatable bonds is 14. The molecule has 0 saturated carbocycles. The monoisotopic (exact) mass is 597 g/mol. The molecule has 0 radical (unpaired) electrons. The lowest BCUT2D eigenvalue weighted by Crippen LogP contribution is -2.37. The predicted molar refractivity (Wildman–Crippen MR) is 160 cm³/mol. The van der Waals surface area contributed by atoms with E-state index in [4.69, 9.17) is 4.74 Å². The Morgan fingerprint density at radius 2 is 1.49 bits per heavy atom. The highest BCUT2D eigenvalue weighted by molar-refractivity contribution is 14.1. The average Bonchev–Trinajstić information content (AvgIpc) is 2.79. The molecule has 1 aliphatic rings. The fourth-order valence-corrected chi connectivity index (χ4v) is 5.84. The number of anilines is 1. The molecule has 3 nitrogen and oxygen atoms in total. The van der Waals surface area contributed by atoms with Crippen LogP contribution in [0.3, 0.4) is 0 Å². The normalized spacial score (nSPS) is 19.3. The first-order valence-corrected chi connectivity index (χ1v) is 15.7. The van der Waals surface area contributed by atoms with Crippen LogP contribution in [0.2, 0.25) is 0 Å². The molecule has 0 spiro atoms. The summed E-state index contributed by atoms with van der Waals surface area (Å²) in [5.74, 6) is 3.65. The summed E-state index contributed by atoms with van der Waals surface area (Å²) in [4.78, 5) is 12.1. The third kappa shape index (κ3) is 9.23. The molecule has 200 valence electrons. The number of carbonyl (C=O) groups excluding carboxylic acids is 1. The molecule has 0 unspecified atom stereocenters. The predicted octanol–water partition coefficient (Wildman–Crippen LogP) is 9.51. The molecule has 35 heavy (non-hydrogen) atoms. The Morgan fingerprint density at radius 1 is 0.914 bits per heavy atom. The van der Waals surface area contributed by atoms with Gasteiger partial charge in [0.15, 0.2) is 0 Å². The third-order valence-electron chi connectivity index (χ3n) is 8.29. The second kappa shape index (κ2) is 14.2. The first-order chi connectivity index (χ1) is 16.5. The van der Waals surface area contributed by atoms with Crippen molar-refractivity contribution in [3.63, 3.8) is 0 Å². The van der Waals surface area contributed by atoms with Crippen molar-refractivity contribution in [2.45, 2.75) is 132 Å². The molecular formula is C31H52INO2. The zero-order valence-corrected chi connectivity index (χ0v) is 26.1. The molecular weight excluding hydrogens is 545 g/mol. The highest BCUT2D eigenvalue weighted by Crippen LogP contribution is 2.44. The van der Waals surface area contributed by atoms with E-state index in [1.807, 2.05) is 0 Å². The number of hydrogen-bond acceptors (Lipinski definition) is 2. The van der Waals surface area contributed by atoms with E-state index in [9.17, 15) is 4.79 Å². The maximum Gasteiger partial charge on any atom is 0.234 e. The van der Waals surface area contributed by atoms with Crippen molar-refractivity contribution in [2.24, 2.45) is 17.8 Å². The van der Waals surface area contributed by atoms with Gasteiger partial charge in [-0.05, 0) is 93.4 Å². The van der Waals surface area contributed by atoms with E-state index in [-0.39, 0.29) is 11.5 Å². The van der Waals surface area contributed by atoms with E-state index in [2.05, 4.69) is 83.3 Å². The minimum absolute atomic E-state index is 0.0624. The van der Waals surface area contributed by atoms with Crippen molar-refractivity contribution in [1.29, 1.82) is 0 Å². The van der Waals surface area contributed by atoms with Gasteiger partial charge in [-0.3, -0.25) is 4.79 Å². The molecule has 0 aliphatic carbocycles. The SMILES string of the molecule is Cc1c(C)c2c(c(C)c1NC(=O)CI)CC[C@](C)(CCC[C@@H](C)CCC[C@@H](C)CCCC(C)C)O2. The third-order valence-corrected chi connectivity index (χ3v) is 8.99. The van der Waals surface area contributed by atoms with Gasteiger partial charge in [0, 0.05) is 5.69 Å². The number of ether oxygens (including phenoxy) is 1. The molecule has 1 N–H and O–H groups in total. The van der Waals surface area contributed by atoms with Crippen molar-refractivity contribution >= 4 is 34.2 Å². The Bertz CT molecular complexity index is 834. The quantitative estimate of drug-likeness (QED) is 0.171. The average molecular weight is 598 g/mol. The smallest absolute Gasteiger partial charge is 0.234 e. The van der Waals surface area contributed by atoms with Crippen molar-refractivity contribution in [1.82, 2.24) is 0 Å². The first kappa shape index (κ1) is 30.4. The molecule has 4 heteroatoms. The molecule has 0 bridgehead atoms. The number of benzene rings is 1. The van der Waals surface area contributed by atoms with Crippen LogP contribution in [0, 0.1) is 38.5 Å². The summed E-state index contributed by atoms with van der Waals surface area (Å²) in [6, 6.07) is 0. The molecule has 1 heterocycles. The number of nitrogens with one attached hydrogen (secondary N) is 1. The van der Waals surface area contributed by atoms with Crippen LogP contribution in [0.1, 0.15) is 121 Å². The molecule has 0 saturated heterocycles. The minimum atomic E-state index is -0.0890. The van der Waals surface area contributed by atoms with Crippen molar-refractivity contribution < 1.29 is 9.53 Å². The molecule has 2 rings (SSSR count). The number of fused-ring (bicyclic) bond motifs is 1. The van der Waals surface area contributed by atoms with Gasteiger partial charge in [-0.1, -0.05) is 95.2 Å². The Balaban J connectivity index is 1.84. The fraction of sp³-hybridized carbons (Fsp3) is 0.774. The Hall–Kier alpha value is -0.780. The molecule has 1 aromatic rings. The standard InChI is InChI=1S/C31H52INO2/c1-21(2)12-9-13-22(3)14-10-15-23(4)16-11-18-31(8)19-17-27-26(7)29(33-28(34)20-32)24(5)25(6)30(27)35-31/h21-23H,9-20H2,1-8H3,(H,33,34)/t22-,23-,31-/m0/s1. The van der Waals surface area contributed by atoms with E-state index in [0.717, 1.165) is 54.0 Å². The largest absolute Gasteiger partial charge is 0.487 e. The number of hydrogen-bond donors (Lipinski definition) is 1. The Labute approximate surface area is 230 Å². The van der Waals surface area contributed by atoms with Crippen LogP contribution in [0.5, 0.6) is 5.75 Å². The van der Waals surface area contributed by atoms with Crippen LogP contribution in [0.15, 0.2) is 0 Å². The summed E-state index contributed by atoms with van der Waals surface area (Å²) in [6.45, 7) is 18.2. The Kier molecular flexibility index (Phi) is 12.4. The molecule has 1 aliphatic heterocycles. The molecule has 0 aromatic heterocycles. The highest BCUT2D eigenvalue weighted by atomic mass is 127. The van der Waals surface area contributed by atoms with E-state index >= 15 is 0 Å². The zero-order valence-electron chi connectivity index (χ0n) is 23.9. The van der Waals surface area contributed by atoms with Gasteiger partial charge in [0.25, 0.3) is 0 Å². The summed E-state index contributed by atoms with van der Waals surface area (Å²) in [5.41, 5.74) is 5.67. The van der Waals surface area contributed by atoms with E-state index in [1.165, 1.54) is 68.1 Å². The molecule has 0 fully saturated rings. The summed E-state index contributed by atoms with van der Waals surface area (Å²) in [7, 11) is 0.